The first-order valence-electron chi connectivity index (χ1n) is 6.36. The van der Waals surface area contributed by atoms with E-state index >= 15 is 0 Å². The van der Waals surface area contributed by atoms with Gasteiger partial charge in [-0.25, -0.2) is 4.98 Å². The van der Waals surface area contributed by atoms with Crippen molar-refractivity contribution in [3.05, 3.63) is 47.5 Å². The number of rotatable bonds is 1. The van der Waals surface area contributed by atoms with E-state index in [1.807, 2.05) is 31.3 Å². The Labute approximate surface area is 112 Å². The number of aromatic nitrogens is 2. The maximum atomic E-state index is 5.85. The SMILES string of the molecule is Cc1cc2nc(-c3cccc(N)c3)n(C)c2cc1C. The fraction of sp³-hybridized carbons (Fsp3) is 0.188. The van der Waals surface area contributed by atoms with E-state index in [0.717, 1.165) is 28.1 Å². The molecular weight excluding hydrogens is 234 g/mol. The van der Waals surface area contributed by atoms with Gasteiger partial charge < -0.3 is 10.3 Å². The van der Waals surface area contributed by atoms with Crippen LogP contribution in [0.1, 0.15) is 11.1 Å². The zero-order valence-electron chi connectivity index (χ0n) is 11.4. The molecule has 0 saturated heterocycles. The van der Waals surface area contributed by atoms with Crippen LogP contribution in [0.15, 0.2) is 36.4 Å². The molecule has 19 heavy (non-hydrogen) atoms. The van der Waals surface area contributed by atoms with Crippen molar-refractivity contribution in [1.82, 2.24) is 9.55 Å². The van der Waals surface area contributed by atoms with E-state index < -0.39 is 0 Å². The van der Waals surface area contributed by atoms with Crippen LogP contribution in [0.3, 0.4) is 0 Å². The number of aryl methyl sites for hydroxylation is 3. The zero-order chi connectivity index (χ0) is 13.6. The predicted octanol–water partition coefficient (Wildman–Crippen LogP) is 3.44. The van der Waals surface area contributed by atoms with Crippen molar-refractivity contribution in [2.75, 3.05) is 5.73 Å². The second kappa shape index (κ2) is 4.12. The largest absolute Gasteiger partial charge is 0.399 e. The molecule has 0 atom stereocenters. The second-order valence-electron chi connectivity index (χ2n) is 5.05. The van der Waals surface area contributed by atoms with Crippen LogP contribution < -0.4 is 5.73 Å². The van der Waals surface area contributed by atoms with E-state index in [-0.39, 0.29) is 0 Å². The number of benzene rings is 2. The summed E-state index contributed by atoms with van der Waals surface area (Å²) in [5, 5.41) is 0. The summed E-state index contributed by atoms with van der Waals surface area (Å²) in [7, 11) is 2.04. The monoisotopic (exact) mass is 251 g/mol. The number of nitrogens with zero attached hydrogens (tertiary/aromatic N) is 2. The highest BCUT2D eigenvalue weighted by Gasteiger charge is 2.11. The maximum Gasteiger partial charge on any atom is 0.140 e. The summed E-state index contributed by atoms with van der Waals surface area (Å²) < 4.78 is 2.12. The molecule has 0 fully saturated rings. The second-order valence-corrected chi connectivity index (χ2v) is 5.05. The molecule has 0 unspecified atom stereocenters. The molecule has 0 saturated carbocycles. The van der Waals surface area contributed by atoms with Gasteiger partial charge in [0.15, 0.2) is 0 Å². The molecule has 2 aromatic carbocycles. The molecule has 0 radical (unpaired) electrons. The van der Waals surface area contributed by atoms with Crippen LogP contribution >= 0.6 is 0 Å². The highest BCUT2D eigenvalue weighted by Crippen LogP contribution is 2.26. The molecule has 0 aliphatic rings. The van der Waals surface area contributed by atoms with Gasteiger partial charge in [-0.05, 0) is 49.2 Å². The molecule has 3 nitrogen and oxygen atoms in total. The Bertz CT molecular complexity index is 769. The average molecular weight is 251 g/mol. The van der Waals surface area contributed by atoms with Crippen LogP contribution in [0, 0.1) is 13.8 Å². The molecule has 3 aromatic rings. The molecule has 3 rings (SSSR count). The van der Waals surface area contributed by atoms with Gasteiger partial charge in [-0.15, -0.1) is 0 Å². The topological polar surface area (TPSA) is 43.8 Å². The van der Waals surface area contributed by atoms with Gasteiger partial charge in [-0.2, -0.15) is 0 Å². The number of nitrogen functional groups attached to an aromatic ring is 1. The van der Waals surface area contributed by atoms with Crippen LogP contribution in [0.2, 0.25) is 0 Å². The van der Waals surface area contributed by atoms with E-state index in [2.05, 4.69) is 30.5 Å². The third kappa shape index (κ3) is 1.87. The van der Waals surface area contributed by atoms with E-state index in [0.29, 0.717) is 0 Å². The van der Waals surface area contributed by atoms with Crippen molar-refractivity contribution in [3.8, 4) is 11.4 Å². The van der Waals surface area contributed by atoms with E-state index in [9.17, 15) is 0 Å². The molecule has 1 aromatic heterocycles. The van der Waals surface area contributed by atoms with Gasteiger partial charge in [0.2, 0.25) is 0 Å². The zero-order valence-corrected chi connectivity index (χ0v) is 11.4. The van der Waals surface area contributed by atoms with Gasteiger partial charge in [-0.1, -0.05) is 12.1 Å². The number of imidazole rings is 1. The first kappa shape index (κ1) is 11.8. The van der Waals surface area contributed by atoms with Crippen molar-refractivity contribution >= 4 is 16.7 Å². The first-order chi connectivity index (χ1) is 9.06. The third-order valence-electron chi connectivity index (χ3n) is 3.64. The standard InChI is InChI=1S/C16H17N3/c1-10-7-14-15(8-11(10)2)19(3)16(18-14)12-5-4-6-13(17)9-12/h4-9H,17H2,1-3H3. The summed E-state index contributed by atoms with van der Waals surface area (Å²) in [6.45, 7) is 4.24. The predicted molar refractivity (Wildman–Crippen MR) is 80.0 cm³/mol. The fourth-order valence-electron chi connectivity index (χ4n) is 2.38. The van der Waals surface area contributed by atoms with Crippen LogP contribution in [-0.4, -0.2) is 9.55 Å². The normalized spacial score (nSPS) is 11.1. The quantitative estimate of drug-likeness (QED) is 0.673. The molecule has 0 spiro atoms. The minimum Gasteiger partial charge on any atom is -0.399 e. The summed E-state index contributed by atoms with van der Waals surface area (Å²) >= 11 is 0. The molecule has 0 aliphatic carbocycles. The van der Waals surface area contributed by atoms with Crippen LogP contribution in [0.25, 0.3) is 22.4 Å². The molecule has 0 bridgehead atoms. The lowest BCUT2D eigenvalue weighted by atomic mass is 10.1. The molecular formula is C16H17N3. The Morgan fingerprint density at radius 3 is 2.53 bits per heavy atom. The van der Waals surface area contributed by atoms with Crippen molar-refractivity contribution in [1.29, 1.82) is 0 Å². The minimum absolute atomic E-state index is 0.761. The highest BCUT2D eigenvalue weighted by atomic mass is 15.1. The Morgan fingerprint density at radius 2 is 1.79 bits per heavy atom. The fourth-order valence-corrected chi connectivity index (χ4v) is 2.38. The lowest BCUT2D eigenvalue weighted by Gasteiger charge is -2.04. The Kier molecular flexibility index (Phi) is 2.56. The number of hydrogen-bond donors (Lipinski definition) is 1. The lowest BCUT2D eigenvalue weighted by Crippen LogP contribution is -1.94. The van der Waals surface area contributed by atoms with E-state index in [4.69, 9.17) is 10.7 Å². The van der Waals surface area contributed by atoms with Crippen LogP contribution in [0.5, 0.6) is 0 Å². The molecule has 96 valence electrons. The number of nitrogens with two attached hydrogens (primary N) is 1. The first-order valence-corrected chi connectivity index (χ1v) is 6.36. The number of fused-ring (bicyclic) bond motifs is 1. The summed E-state index contributed by atoms with van der Waals surface area (Å²) in [5.74, 6) is 0.951. The molecule has 0 amide bonds. The Hall–Kier alpha value is -2.29. The van der Waals surface area contributed by atoms with Gasteiger partial charge >= 0.3 is 0 Å². The minimum atomic E-state index is 0.761. The van der Waals surface area contributed by atoms with Gasteiger partial charge in [0.1, 0.15) is 5.82 Å². The highest BCUT2D eigenvalue weighted by molar-refractivity contribution is 5.82. The number of anilines is 1. The summed E-state index contributed by atoms with van der Waals surface area (Å²) in [6, 6.07) is 12.2. The number of hydrogen-bond acceptors (Lipinski definition) is 2. The third-order valence-corrected chi connectivity index (χ3v) is 3.64. The van der Waals surface area contributed by atoms with Gasteiger partial charge in [0.05, 0.1) is 11.0 Å². The molecule has 3 heteroatoms. The summed E-state index contributed by atoms with van der Waals surface area (Å²) in [4.78, 5) is 4.73. The van der Waals surface area contributed by atoms with Crippen molar-refractivity contribution in [3.63, 3.8) is 0 Å². The summed E-state index contributed by atoms with van der Waals surface area (Å²) in [5.41, 5.74) is 12.4. The molecule has 0 aliphatic heterocycles. The maximum absolute atomic E-state index is 5.85. The van der Waals surface area contributed by atoms with Gasteiger partial charge in [0.25, 0.3) is 0 Å². The Balaban J connectivity index is 2.28. The van der Waals surface area contributed by atoms with Crippen molar-refractivity contribution in [2.24, 2.45) is 7.05 Å². The van der Waals surface area contributed by atoms with E-state index in [1.165, 1.54) is 11.1 Å². The molecule has 1 heterocycles. The van der Waals surface area contributed by atoms with Crippen molar-refractivity contribution in [2.45, 2.75) is 13.8 Å². The van der Waals surface area contributed by atoms with E-state index in [1.54, 1.807) is 0 Å². The van der Waals surface area contributed by atoms with Crippen LogP contribution in [-0.2, 0) is 7.05 Å². The van der Waals surface area contributed by atoms with Gasteiger partial charge in [-0.3, -0.25) is 0 Å². The Morgan fingerprint density at radius 1 is 1.05 bits per heavy atom. The average Bonchev–Trinajstić information content (AvgIpc) is 2.68. The summed E-state index contributed by atoms with van der Waals surface area (Å²) in [6.07, 6.45) is 0. The van der Waals surface area contributed by atoms with Crippen LogP contribution in [0.4, 0.5) is 5.69 Å². The van der Waals surface area contributed by atoms with Gasteiger partial charge in [0, 0.05) is 18.3 Å². The lowest BCUT2D eigenvalue weighted by molar-refractivity contribution is 0.959. The van der Waals surface area contributed by atoms with Crippen molar-refractivity contribution < 1.29 is 0 Å². The smallest absolute Gasteiger partial charge is 0.140 e. The molecule has 2 N–H and O–H groups in total.